The molecule has 0 saturated carbocycles. The fraction of sp³-hybridized carbons (Fsp3) is 0.148. The second-order valence-corrected chi connectivity index (χ2v) is 8.27. The Kier molecular flexibility index (Phi) is 8.31. The van der Waals surface area contributed by atoms with E-state index in [1.807, 2.05) is 0 Å². The zero-order chi connectivity index (χ0) is 27.1. The molecule has 0 spiro atoms. The summed E-state index contributed by atoms with van der Waals surface area (Å²) in [6.45, 7) is 1.67. The summed E-state index contributed by atoms with van der Waals surface area (Å²) in [6, 6.07) is 15.7. The highest BCUT2D eigenvalue weighted by molar-refractivity contribution is 5.99. The van der Waals surface area contributed by atoms with Crippen LogP contribution in [-0.4, -0.2) is 40.7 Å². The lowest BCUT2D eigenvalue weighted by Gasteiger charge is -2.11. The van der Waals surface area contributed by atoms with Gasteiger partial charge in [-0.1, -0.05) is 6.07 Å². The van der Waals surface area contributed by atoms with Crippen molar-refractivity contribution in [1.29, 1.82) is 0 Å². The van der Waals surface area contributed by atoms with Crippen molar-refractivity contribution < 1.29 is 28.6 Å². The molecule has 1 unspecified atom stereocenters. The van der Waals surface area contributed by atoms with E-state index < -0.39 is 24.0 Å². The minimum Gasteiger partial charge on any atom is -0.468 e. The Balaban J connectivity index is 1.36. The third-order valence-corrected chi connectivity index (χ3v) is 5.41. The predicted molar refractivity (Wildman–Crippen MR) is 139 cm³/mol. The molecule has 2 aromatic carbocycles. The zero-order valence-corrected chi connectivity index (χ0v) is 20.6. The fourth-order valence-electron chi connectivity index (χ4n) is 3.47. The van der Waals surface area contributed by atoms with E-state index in [4.69, 9.17) is 4.74 Å². The number of pyridine rings is 1. The number of benzene rings is 2. The number of nitrogens with zero attached hydrogens (tertiary/aromatic N) is 1. The van der Waals surface area contributed by atoms with Crippen LogP contribution >= 0.6 is 0 Å². The average Bonchev–Trinajstić information content (AvgIpc) is 3.41. The number of carbonyl (C=O) groups is 2. The van der Waals surface area contributed by atoms with Crippen LogP contribution in [0.1, 0.15) is 17.4 Å². The van der Waals surface area contributed by atoms with Gasteiger partial charge in [0.05, 0.1) is 30.7 Å². The molecule has 0 fully saturated rings. The number of anilines is 2. The van der Waals surface area contributed by atoms with E-state index in [1.165, 1.54) is 13.2 Å². The summed E-state index contributed by atoms with van der Waals surface area (Å²) in [5, 5.41) is 18.0. The van der Waals surface area contributed by atoms with Crippen LogP contribution in [0.2, 0.25) is 0 Å². The number of halogens is 1. The van der Waals surface area contributed by atoms with Crippen molar-refractivity contribution in [1.82, 2.24) is 15.3 Å². The number of aromatic amines is 1. The van der Waals surface area contributed by atoms with Gasteiger partial charge in [0.2, 0.25) is 0 Å². The third-order valence-electron chi connectivity index (χ3n) is 5.41. The Labute approximate surface area is 217 Å². The standard InChI is InChI=1S/C27H26FN5O5/c1-16-3-8-21(28)22(11-16)33-27(36)32-18-4-6-19(7-5-18)38-20-9-10-29-24(13-20)23-12-17(14-30-23)26(35)31-15-25(34)37-2/h3-14,26,30-31,35H,15H2,1-2H3,(H2,32,33,36). The molecule has 0 radical (unpaired) electrons. The molecule has 0 aliphatic rings. The molecule has 0 saturated heterocycles. The summed E-state index contributed by atoms with van der Waals surface area (Å²) in [4.78, 5) is 30.9. The van der Waals surface area contributed by atoms with Crippen molar-refractivity contribution in [2.45, 2.75) is 13.2 Å². The molecule has 11 heteroatoms. The Morgan fingerprint density at radius 1 is 1.05 bits per heavy atom. The minimum absolute atomic E-state index is 0.0945. The van der Waals surface area contributed by atoms with Crippen LogP contribution in [0.15, 0.2) is 73.1 Å². The van der Waals surface area contributed by atoms with E-state index in [0.717, 1.165) is 5.56 Å². The SMILES string of the molecule is COC(=O)CNC(O)c1c[nH]c(-c2cc(Oc3ccc(NC(=O)Nc4cc(C)ccc4F)cc3)ccn2)c1. The van der Waals surface area contributed by atoms with Gasteiger partial charge in [-0.2, -0.15) is 0 Å². The van der Waals surface area contributed by atoms with E-state index in [-0.39, 0.29) is 12.2 Å². The average molecular weight is 520 g/mol. The number of hydrogen-bond acceptors (Lipinski definition) is 7. The van der Waals surface area contributed by atoms with Crippen molar-refractivity contribution in [3.63, 3.8) is 0 Å². The van der Waals surface area contributed by atoms with Crippen LogP contribution in [0.25, 0.3) is 11.4 Å². The summed E-state index contributed by atoms with van der Waals surface area (Å²) < 4.78 is 24.3. The second kappa shape index (κ2) is 12.0. The Morgan fingerprint density at radius 2 is 1.84 bits per heavy atom. The number of methoxy groups -OCH3 is 1. The molecule has 0 aliphatic heterocycles. The lowest BCUT2D eigenvalue weighted by atomic mass is 10.2. The number of aliphatic hydroxyl groups excluding tert-OH is 1. The highest BCUT2D eigenvalue weighted by Crippen LogP contribution is 2.27. The van der Waals surface area contributed by atoms with Gasteiger partial charge in [-0.3, -0.25) is 15.1 Å². The van der Waals surface area contributed by atoms with Gasteiger partial charge in [-0.15, -0.1) is 0 Å². The molecule has 38 heavy (non-hydrogen) atoms. The van der Waals surface area contributed by atoms with Gasteiger partial charge in [0.1, 0.15) is 23.5 Å². The van der Waals surface area contributed by atoms with Gasteiger partial charge in [-0.25, -0.2) is 9.18 Å². The molecular formula is C27H26FN5O5. The first-order valence-electron chi connectivity index (χ1n) is 11.6. The van der Waals surface area contributed by atoms with Gasteiger partial charge >= 0.3 is 12.0 Å². The fourth-order valence-corrected chi connectivity index (χ4v) is 3.47. The van der Waals surface area contributed by atoms with Crippen LogP contribution in [0.4, 0.5) is 20.6 Å². The molecule has 2 heterocycles. The summed E-state index contributed by atoms with van der Waals surface area (Å²) >= 11 is 0. The molecule has 2 aromatic heterocycles. The third kappa shape index (κ3) is 6.93. The first kappa shape index (κ1) is 26.3. The maximum absolute atomic E-state index is 13.9. The van der Waals surface area contributed by atoms with E-state index in [9.17, 15) is 19.1 Å². The summed E-state index contributed by atoms with van der Waals surface area (Å²) in [7, 11) is 1.27. The molecule has 4 aromatic rings. The number of rotatable bonds is 9. The lowest BCUT2D eigenvalue weighted by Crippen LogP contribution is -2.27. The van der Waals surface area contributed by atoms with Crippen LogP contribution in [0.3, 0.4) is 0 Å². The number of nitrogens with one attached hydrogen (secondary N) is 4. The molecule has 196 valence electrons. The number of hydrogen-bond donors (Lipinski definition) is 5. The first-order chi connectivity index (χ1) is 18.3. The Morgan fingerprint density at radius 3 is 2.61 bits per heavy atom. The first-order valence-corrected chi connectivity index (χ1v) is 11.6. The second-order valence-electron chi connectivity index (χ2n) is 8.27. The Hall–Kier alpha value is -4.74. The highest BCUT2D eigenvalue weighted by atomic mass is 19.1. The monoisotopic (exact) mass is 519 g/mol. The largest absolute Gasteiger partial charge is 0.468 e. The summed E-state index contributed by atoms with van der Waals surface area (Å²) in [5.41, 5.74) is 3.15. The number of aromatic nitrogens is 2. The maximum atomic E-state index is 13.9. The van der Waals surface area contributed by atoms with Crippen LogP contribution in [0, 0.1) is 12.7 Å². The summed E-state index contributed by atoms with van der Waals surface area (Å²) in [6.07, 6.45) is 2.12. The number of amides is 2. The van der Waals surface area contributed by atoms with E-state index in [1.54, 1.807) is 73.9 Å². The predicted octanol–water partition coefficient (Wildman–Crippen LogP) is 4.71. The zero-order valence-electron chi connectivity index (χ0n) is 20.6. The maximum Gasteiger partial charge on any atom is 0.323 e. The van der Waals surface area contributed by atoms with Crippen molar-refractivity contribution in [3.8, 4) is 22.9 Å². The molecule has 10 nitrogen and oxygen atoms in total. The van der Waals surface area contributed by atoms with Crippen molar-refractivity contribution in [2.24, 2.45) is 0 Å². The highest BCUT2D eigenvalue weighted by Gasteiger charge is 2.13. The van der Waals surface area contributed by atoms with Crippen LogP contribution in [0.5, 0.6) is 11.5 Å². The number of esters is 1. The van der Waals surface area contributed by atoms with Gasteiger partial charge < -0.3 is 30.2 Å². The lowest BCUT2D eigenvalue weighted by molar-refractivity contribution is -0.140. The number of H-pyrrole nitrogens is 1. The number of carbonyl (C=O) groups excluding carboxylic acids is 2. The number of ether oxygens (including phenoxy) is 2. The topological polar surface area (TPSA) is 138 Å². The van der Waals surface area contributed by atoms with Gasteiger partial charge in [0.15, 0.2) is 0 Å². The number of aryl methyl sites for hydroxylation is 1. The van der Waals surface area contributed by atoms with Gasteiger partial charge in [0.25, 0.3) is 0 Å². The Bertz CT molecular complexity index is 1420. The minimum atomic E-state index is -1.07. The molecule has 0 bridgehead atoms. The molecule has 4 rings (SSSR count). The van der Waals surface area contributed by atoms with E-state index in [0.29, 0.717) is 34.1 Å². The molecule has 1 atom stereocenters. The van der Waals surface area contributed by atoms with Crippen LogP contribution in [-0.2, 0) is 9.53 Å². The van der Waals surface area contributed by atoms with Crippen molar-refractivity contribution in [3.05, 3.63) is 90.0 Å². The molecule has 2 amide bonds. The van der Waals surface area contributed by atoms with E-state index in [2.05, 4.69) is 30.7 Å². The van der Waals surface area contributed by atoms with Crippen molar-refractivity contribution >= 4 is 23.4 Å². The normalized spacial score (nSPS) is 11.5. The van der Waals surface area contributed by atoms with E-state index >= 15 is 0 Å². The van der Waals surface area contributed by atoms with Gasteiger partial charge in [0, 0.05) is 29.7 Å². The smallest absolute Gasteiger partial charge is 0.323 e. The molecule has 0 aliphatic carbocycles. The number of aliphatic hydroxyl groups is 1. The number of urea groups is 1. The van der Waals surface area contributed by atoms with Crippen molar-refractivity contribution in [2.75, 3.05) is 24.3 Å². The molecular weight excluding hydrogens is 493 g/mol. The quantitative estimate of drug-likeness (QED) is 0.159. The van der Waals surface area contributed by atoms with Gasteiger partial charge in [-0.05, 0) is 61.0 Å². The molecule has 5 N–H and O–H groups in total. The van der Waals surface area contributed by atoms with Crippen LogP contribution < -0.4 is 20.7 Å². The summed E-state index contributed by atoms with van der Waals surface area (Å²) in [5.74, 6) is 0.0283.